The van der Waals surface area contributed by atoms with E-state index in [1.54, 1.807) is 34.9 Å². The van der Waals surface area contributed by atoms with Crippen LogP contribution in [0.15, 0.2) is 48.5 Å². The van der Waals surface area contributed by atoms with Crippen molar-refractivity contribution in [3.05, 3.63) is 59.7 Å². The summed E-state index contributed by atoms with van der Waals surface area (Å²) in [5.41, 5.74) is 1.70. The highest BCUT2D eigenvalue weighted by atomic mass is 16.5. The van der Waals surface area contributed by atoms with Gasteiger partial charge in [-0.3, -0.25) is 14.4 Å². The van der Waals surface area contributed by atoms with Gasteiger partial charge in [0.05, 0.1) is 36.8 Å². The van der Waals surface area contributed by atoms with E-state index in [0.29, 0.717) is 43.1 Å². The Morgan fingerprint density at radius 1 is 1.09 bits per heavy atom. The van der Waals surface area contributed by atoms with Gasteiger partial charge in [0.25, 0.3) is 5.91 Å². The molecule has 3 rings (SSSR count). The molecule has 0 unspecified atom stereocenters. The third-order valence-electron chi connectivity index (χ3n) is 8.42. The molecule has 0 saturated heterocycles. The molecule has 2 N–H and O–H groups in total. The van der Waals surface area contributed by atoms with Crippen LogP contribution in [0.1, 0.15) is 68.8 Å². The number of hydrogen-bond donors (Lipinski definition) is 2. The maximum atomic E-state index is 14.3. The third kappa shape index (κ3) is 11.7. The zero-order valence-corrected chi connectivity index (χ0v) is 28.5. The molecular formula is C36H54N4O6. The summed E-state index contributed by atoms with van der Waals surface area (Å²) in [5, 5.41) is 13.1. The van der Waals surface area contributed by atoms with E-state index in [9.17, 15) is 19.5 Å². The van der Waals surface area contributed by atoms with Crippen LogP contribution < -0.4 is 10.1 Å². The van der Waals surface area contributed by atoms with Crippen LogP contribution in [-0.4, -0.2) is 110 Å². The summed E-state index contributed by atoms with van der Waals surface area (Å²) in [6.07, 6.45) is 3.48. The number of aliphatic hydroxyl groups is 1. The molecule has 2 aromatic carbocycles. The molecule has 0 aromatic heterocycles. The molecule has 1 aliphatic heterocycles. The molecular weight excluding hydrogens is 584 g/mol. The number of rotatable bonds is 11. The van der Waals surface area contributed by atoms with E-state index in [1.807, 2.05) is 65.3 Å². The van der Waals surface area contributed by atoms with Crippen molar-refractivity contribution in [2.45, 2.75) is 77.5 Å². The summed E-state index contributed by atoms with van der Waals surface area (Å²) >= 11 is 0. The molecule has 2 aromatic rings. The first kappa shape index (κ1) is 37.0. The van der Waals surface area contributed by atoms with Gasteiger partial charge >= 0.3 is 0 Å². The van der Waals surface area contributed by atoms with E-state index in [1.165, 1.54) is 0 Å². The van der Waals surface area contributed by atoms with E-state index < -0.39 is 6.04 Å². The van der Waals surface area contributed by atoms with Crippen molar-refractivity contribution in [2.24, 2.45) is 5.92 Å². The van der Waals surface area contributed by atoms with Gasteiger partial charge in [-0.25, -0.2) is 0 Å². The minimum Gasteiger partial charge on any atom is -0.490 e. The summed E-state index contributed by atoms with van der Waals surface area (Å²) in [5.74, 6) is -0.137. The van der Waals surface area contributed by atoms with Gasteiger partial charge in [0.15, 0.2) is 0 Å². The molecule has 0 aliphatic carbocycles. The number of amides is 3. The van der Waals surface area contributed by atoms with Crippen molar-refractivity contribution >= 4 is 23.4 Å². The Kier molecular flexibility index (Phi) is 15.0. The Labute approximate surface area is 275 Å². The number of carbonyl (C=O) groups excluding carboxylic acids is 3. The summed E-state index contributed by atoms with van der Waals surface area (Å²) in [6, 6.07) is 14.1. The first-order chi connectivity index (χ1) is 22.0. The first-order valence-electron chi connectivity index (χ1n) is 16.5. The maximum Gasteiger partial charge on any atom is 0.258 e. The molecule has 254 valence electrons. The summed E-state index contributed by atoms with van der Waals surface area (Å²) < 4.78 is 12.7. The molecule has 0 spiro atoms. The summed E-state index contributed by atoms with van der Waals surface area (Å²) in [7, 11) is 5.79. The van der Waals surface area contributed by atoms with Crippen LogP contribution >= 0.6 is 0 Å². The maximum absolute atomic E-state index is 14.3. The fraction of sp³-hybridized carbons (Fsp3) is 0.583. The van der Waals surface area contributed by atoms with E-state index in [4.69, 9.17) is 9.47 Å². The molecule has 0 saturated carbocycles. The predicted molar refractivity (Wildman–Crippen MR) is 181 cm³/mol. The molecule has 3 amide bonds. The average molecular weight is 639 g/mol. The van der Waals surface area contributed by atoms with Crippen LogP contribution in [0.4, 0.5) is 5.69 Å². The van der Waals surface area contributed by atoms with Crippen molar-refractivity contribution < 1.29 is 29.0 Å². The number of anilines is 1. The van der Waals surface area contributed by atoms with Crippen LogP contribution in [-0.2, 0) is 20.7 Å². The standard InChI is InChI=1S/C36H54N4O6/c1-26-23-40(27(2)25-41)36(44)31-22-30(37-34(42)21-29-14-8-7-9-15-29)17-18-32(31)46-28(3)13-10-11-20-45-33(26)24-39(6)35(43)16-12-19-38(4)5/h7-9,14-15,17-18,22,26-28,33,41H,10-13,16,19-21,23-25H2,1-6H3,(H,37,42)/t26-,27+,28+,33-/m1/s1. The van der Waals surface area contributed by atoms with Gasteiger partial charge in [-0.05, 0) is 83.9 Å². The van der Waals surface area contributed by atoms with Crippen LogP contribution in [0.3, 0.4) is 0 Å². The van der Waals surface area contributed by atoms with Crippen molar-refractivity contribution in [2.75, 3.05) is 59.3 Å². The number of benzene rings is 2. The van der Waals surface area contributed by atoms with E-state index in [2.05, 4.69) is 10.2 Å². The van der Waals surface area contributed by atoms with Gasteiger partial charge in [0, 0.05) is 44.8 Å². The van der Waals surface area contributed by atoms with Crippen molar-refractivity contribution in [3.8, 4) is 5.75 Å². The first-order valence-corrected chi connectivity index (χ1v) is 16.5. The SMILES string of the molecule is C[C@@H]1CN([C@@H](C)CO)C(=O)c2cc(NC(=O)Cc3ccccc3)ccc2O[C@@H](C)CCCCO[C@@H]1CN(C)C(=O)CCCN(C)C. The van der Waals surface area contributed by atoms with E-state index >= 15 is 0 Å². The smallest absolute Gasteiger partial charge is 0.258 e. The summed E-state index contributed by atoms with van der Waals surface area (Å²) in [6.45, 7) is 7.66. The minimum absolute atomic E-state index is 0.0652. The molecule has 1 aliphatic rings. The second kappa shape index (κ2) is 18.6. The Bertz CT molecular complexity index is 1260. The number of aliphatic hydroxyl groups excluding tert-OH is 1. The van der Waals surface area contributed by atoms with Gasteiger partial charge in [0.2, 0.25) is 11.8 Å². The lowest BCUT2D eigenvalue weighted by atomic mass is 10.0. The van der Waals surface area contributed by atoms with Gasteiger partial charge in [0.1, 0.15) is 5.75 Å². The van der Waals surface area contributed by atoms with E-state index in [0.717, 1.165) is 37.8 Å². The Balaban J connectivity index is 1.87. The zero-order chi connectivity index (χ0) is 33.6. The lowest BCUT2D eigenvalue weighted by Crippen LogP contribution is -2.48. The van der Waals surface area contributed by atoms with Crippen LogP contribution in [0.25, 0.3) is 0 Å². The lowest BCUT2D eigenvalue weighted by molar-refractivity contribution is -0.132. The number of ether oxygens (including phenoxy) is 2. The number of likely N-dealkylation sites (N-methyl/N-ethyl adjacent to an activating group) is 1. The van der Waals surface area contributed by atoms with Gasteiger partial charge in [-0.15, -0.1) is 0 Å². The molecule has 10 heteroatoms. The van der Waals surface area contributed by atoms with Crippen LogP contribution in [0, 0.1) is 5.92 Å². The second-order valence-corrected chi connectivity index (χ2v) is 12.9. The Hall–Kier alpha value is -3.47. The van der Waals surface area contributed by atoms with E-state index in [-0.39, 0.29) is 48.9 Å². The second-order valence-electron chi connectivity index (χ2n) is 12.9. The zero-order valence-electron chi connectivity index (χ0n) is 28.5. The fourth-order valence-electron chi connectivity index (χ4n) is 5.56. The third-order valence-corrected chi connectivity index (χ3v) is 8.42. The van der Waals surface area contributed by atoms with Crippen LogP contribution in [0.2, 0.25) is 0 Å². The topological polar surface area (TPSA) is 112 Å². The number of nitrogens with one attached hydrogen (secondary N) is 1. The van der Waals surface area contributed by atoms with Gasteiger partial charge in [-0.2, -0.15) is 0 Å². The normalized spacial score (nSPS) is 20.3. The highest BCUT2D eigenvalue weighted by Gasteiger charge is 2.31. The number of hydrogen-bond acceptors (Lipinski definition) is 7. The van der Waals surface area contributed by atoms with Crippen LogP contribution in [0.5, 0.6) is 5.75 Å². The molecule has 0 fully saturated rings. The van der Waals surface area contributed by atoms with Crippen molar-refractivity contribution in [3.63, 3.8) is 0 Å². The predicted octanol–water partition coefficient (Wildman–Crippen LogP) is 4.46. The van der Waals surface area contributed by atoms with Gasteiger partial charge < -0.3 is 34.6 Å². The monoisotopic (exact) mass is 638 g/mol. The lowest BCUT2D eigenvalue weighted by Gasteiger charge is -2.36. The fourth-order valence-corrected chi connectivity index (χ4v) is 5.56. The molecule has 0 bridgehead atoms. The molecule has 0 radical (unpaired) electrons. The molecule has 46 heavy (non-hydrogen) atoms. The quantitative estimate of drug-likeness (QED) is 0.374. The highest BCUT2D eigenvalue weighted by Crippen LogP contribution is 2.28. The Morgan fingerprint density at radius 2 is 1.83 bits per heavy atom. The largest absolute Gasteiger partial charge is 0.490 e. The molecule has 10 nitrogen and oxygen atoms in total. The highest BCUT2D eigenvalue weighted by molar-refractivity contribution is 6.00. The van der Waals surface area contributed by atoms with Gasteiger partial charge in [-0.1, -0.05) is 37.3 Å². The summed E-state index contributed by atoms with van der Waals surface area (Å²) in [4.78, 5) is 45.6. The van der Waals surface area contributed by atoms with Crippen molar-refractivity contribution in [1.29, 1.82) is 0 Å². The molecule has 4 atom stereocenters. The minimum atomic E-state index is -0.490. The average Bonchev–Trinajstić information content (AvgIpc) is 3.02. The number of carbonyl (C=O) groups is 3. The number of nitrogens with zero attached hydrogens (tertiary/aromatic N) is 3. The van der Waals surface area contributed by atoms with Crippen molar-refractivity contribution in [1.82, 2.24) is 14.7 Å². The number of fused-ring (bicyclic) bond motifs is 1. The Morgan fingerprint density at radius 3 is 2.52 bits per heavy atom. The molecule has 1 heterocycles.